The van der Waals surface area contributed by atoms with Crippen LogP contribution in [0.15, 0.2) is 17.3 Å². The number of benzene rings is 1. The monoisotopic (exact) mass is 411 g/mol. The van der Waals surface area contributed by atoms with Crippen molar-refractivity contribution in [3.63, 3.8) is 0 Å². The Balaban J connectivity index is 4.14. The van der Waals surface area contributed by atoms with Gasteiger partial charge in [-0.25, -0.2) is 0 Å². The summed E-state index contributed by atoms with van der Waals surface area (Å²) in [7, 11) is 0. The Morgan fingerprint density at radius 3 is 1.30 bits per heavy atom. The summed E-state index contributed by atoms with van der Waals surface area (Å²) < 4.78 is 112. The summed E-state index contributed by atoms with van der Waals surface area (Å²) in [4.78, 5) is 10.1. The molecule has 0 spiro atoms. The third-order valence-electron chi connectivity index (χ3n) is 3.58. The topological polar surface area (TPSA) is 90.1 Å². The second-order valence-corrected chi connectivity index (χ2v) is 5.49. The highest BCUT2D eigenvalue weighted by atomic mass is 19.3. The van der Waals surface area contributed by atoms with Crippen LogP contribution in [0.25, 0.3) is 0 Å². The minimum Gasteiger partial charge on any atom is -0.390 e. The number of halogens is 8. The molecule has 5 nitrogen and oxygen atoms in total. The Labute approximate surface area is 146 Å². The van der Waals surface area contributed by atoms with E-state index in [4.69, 9.17) is 15.3 Å². The van der Waals surface area contributed by atoms with E-state index in [1.165, 1.54) is 0 Å². The zero-order valence-corrected chi connectivity index (χ0v) is 13.2. The van der Waals surface area contributed by atoms with Gasteiger partial charge in [0.15, 0.2) is 0 Å². The molecule has 0 unspecified atom stereocenters. The predicted octanol–water partition coefficient (Wildman–Crippen LogP) is 2.80. The van der Waals surface area contributed by atoms with Crippen LogP contribution in [0.2, 0.25) is 0 Å². The van der Waals surface area contributed by atoms with Crippen LogP contribution in [0.1, 0.15) is 22.3 Å². The molecule has 0 atom stereocenters. The van der Waals surface area contributed by atoms with Crippen LogP contribution in [0.4, 0.5) is 35.1 Å². The zero-order valence-electron chi connectivity index (χ0n) is 13.2. The van der Waals surface area contributed by atoms with E-state index in [-0.39, 0.29) is 12.1 Å². The lowest BCUT2D eigenvalue weighted by Gasteiger charge is -2.31. The fraction of sp³-hybridized carbons (Fsp3) is 0.571. The highest BCUT2D eigenvalue weighted by Crippen LogP contribution is 2.49. The molecule has 0 saturated heterocycles. The molecule has 0 fully saturated rings. The Morgan fingerprint density at radius 2 is 1.00 bits per heavy atom. The van der Waals surface area contributed by atoms with Crippen molar-refractivity contribution in [3.8, 4) is 0 Å². The number of alkyl halides is 8. The zero-order chi connectivity index (χ0) is 21.3. The predicted molar refractivity (Wildman–Crippen MR) is 73.9 cm³/mol. The first-order chi connectivity index (χ1) is 12.2. The number of nitrogens with zero attached hydrogens (tertiary/aromatic N) is 1. The maximum absolute atomic E-state index is 14.1. The van der Waals surface area contributed by atoms with Gasteiger partial charge < -0.3 is 15.3 Å². The summed E-state index contributed by atoms with van der Waals surface area (Å²) >= 11 is 0. The number of nitroso groups, excluding NO2 is 1. The maximum atomic E-state index is 14.1. The van der Waals surface area contributed by atoms with Crippen LogP contribution in [0.5, 0.6) is 0 Å². The average Bonchev–Trinajstić information content (AvgIpc) is 2.60. The minimum absolute atomic E-state index is 0.0554. The molecule has 0 amide bonds. The Bertz CT molecular complexity index is 696. The number of hydrogen-bond donors (Lipinski definition) is 3. The number of rotatable bonds is 9. The van der Waals surface area contributed by atoms with Gasteiger partial charge >= 0.3 is 0 Å². The van der Waals surface area contributed by atoms with Crippen LogP contribution >= 0.6 is 0 Å². The molecule has 27 heavy (non-hydrogen) atoms. The van der Waals surface area contributed by atoms with Gasteiger partial charge in [0, 0.05) is 22.3 Å². The molecule has 0 aromatic heterocycles. The lowest BCUT2D eigenvalue weighted by atomic mass is 9.84. The van der Waals surface area contributed by atoms with Gasteiger partial charge in [-0.3, -0.25) is 0 Å². The van der Waals surface area contributed by atoms with Gasteiger partial charge in [0.25, 0.3) is 23.7 Å². The van der Waals surface area contributed by atoms with Crippen molar-refractivity contribution in [2.24, 2.45) is 5.18 Å². The maximum Gasteiger partial charge on any atom is 0.296 e. The van der Waals surface area contributed by atoms with E-state index in [0.29, 0.717) is 0 Å². The first-order valence-corrected chi connectivity index (χ1v) is 7.03. The number of aliphatic hydroxyl groups is 3. The van der Waals surface area contributed by atoms with Crippen LogP contribution in [-0.2, 0) is 23.7 Å². The fourth-order valence-corrected chi connectivity index (χ4v) is 2.38. The van der Waals surface area contributed by atoms with Crippen molar-refractivity contribution in [1.29, 1.82) is 0 Å². The molecule has 3 N–H and O–H groups in total. The molecular weight excluding hydrogens is 398 g/mol. The van der Waals surface area contributed by atoms with E-state index in [1.54, 1.807) is 5.18 Å². The molecule has 1 rings (SSSR count). The molecule has 0 aliphatic rings. The minimum atomic E-state index is -4.89. The largest absolute Gasteiger partial charge is 0.390 e. The standard InChI is InChI=1S/C14H13F8NO4/c15-11(16,3-23-27)7-1-2-8(12(17,18)4-24)10(14(21,22)6-26)9(7)13(19,20)5-25/h1-2,24-26H,3-6H2. The van der Waals surface area contributed by atoms with Gasteiger partial charge in [-0.1, -0.05) is 17.3 Å². The molecule has 1 aromatic carbocycles. The number of aliphatic hydroxyl groups excluding tert-OH is 3. The summed E-state index contributed by atoms with van der Waals surface area (Å²) in [5, 5.41) is 28.0. The molecule has 154 valence electrons. The summed E-state index contributed by atoms with van der Waals surface area (Å²) in [5.74, 6) is -18.9. The van der Waals surface area contributed by atoms with E-state index in [1.807, 2.05) is 0 Å². The van der Waals surface area contributed by atoms with Gasteiger partial charge in [0.2, 0.25) is 0 Å². The van der Waals surface area contributed by atoms with E-state index in [9.17, 15) is 40.0 Å². The third kappa shape index (κ3) is 4.35. The highest BCUT2D eigenvalue weighted by molar-refractivity contribution is 5.50. The van der Waals surface area contributed by atoms with Gasteiger partial charge in [-0.2, -0.15) is 40.0 Å². The van der Waals surface area contributed by atoms with Crippen LogP contribution in [0, 0.1) is 4.91 Å². The van der Waals surface area contributed by atoms with Crippen LogP contribution in [0.3, 0.4) is 0 Å². The van der Waals surface area contributed by atoms with Gasteiger partial charge in [-0.15, -0.1) is 0 Å². The van der Waals surface area contributed by atoms with Gasteiger partial charge in [0.05, 0.1) is 0 Å². The molecule has 0 aliphatic carbocycles. The van der Waals surface area contributed by atoms with Crippen molar-refractivity contribution in [3.05, 3.63) is 39.3 Å². The molecule has 0 saturated carbocycles. The van der Waals surface area contributed by atoms with Crippen LogP contribution < -0.4 is 0 Å². The van der Waals surface area contributed by atoms with Crippen molar-refractivity contribution in [2.45, 2.75) is 23.7 Å². The Hall–Kier alpha value is -1.86. The van der Waals surface area contributed by atoms with Crippen molar-refractivity contribution in [2.75, 3.05) is 26.4 Å². The molecular formula is C14H13F8NO4. The molecule has 1 aromatic rings. The summed E-state index contributed by atoms with van der Waals surface area (Å²) in [5.41, 5.74) is -8.68. The Morgan fingerprint density at radius 1 is 0.667 bits per heavy atom. The third-order valence-corrected chi connectivity index (χ3v) is 3.58. The normalized spacial score (nSPS) is 13.7. The number of hydrogen-bond acceptors (Lipinski definition) is 5. The smallest absolute Gasteiger partial charge is 0.296 e. The van der Waals surface area contributed by atoms with E-state index in [2.05, 4.69) is 0 Å². The first kappa shape index (κ1) is 23.2. The summed E-state index contributed by atoms with van der Waals surface area (Å²) in [6, 6.07) is -0.111. The first-order valence-electron chi connectivity index (χ1n) is 7.03. The van der Waals surface area contributed by atoms with Gasteiger partial charge in [0.1, 0.15) is 26.4 Å². The van der Waals surface area contributed by atoms with E-state index in [0.717, 1.165) is 0 Å². The molecule has 0 aliphatic heterocycles. The lowest BCUT2D eigenvalue weighted by Crippen LogP contribution is -2.36. The van der Waals surface area contributed by atoms with Gasteiger partial charge in [-0.05, 0) is 0 Å². The summed E-state index contributed by atoms with van der Waals surface area (Å²) in [6.07, 6.45) is 0. The lowest BCUT2D eigenvalue weighted by molar-refractivity contribution is -0.0939. The molecule has 0 radical (unpaired) electrons. The van der Waals surface area contributed by atoms with E-state index >= 15 is 0 Å². The second-order valence-electron chi connectivity index (χ2n) is 5.49. The Kier molecular flexibility index (Phi) is 6.56. The fourth-order valence-electron chi connectivity index (χ4n) is 2.38. The molecule has 13 heteroatoms. The van der Waals surface area contributed by atoms with E-state index < -0.39 is 72.3 Å². The highest BCUT2D eigenvalue weighted by Gasteiger charge is 2.52. The molecule has 0 heterocycles. The SMILES string of the molecule is O=NCC(F)(F)c1ccc(C(F)(F)CO)c(C(F)(F)CO)c1C(F)(F)CO. The van der Waals surface area contributed by atoms with Crippen molar-refractivity contribution < 1.29 is 50.4 Å². The quantitative estimate of drug-likeness (QED) is 0.431. The van der Waals surface area contributed by atoms with Crippen molar-refractivity contribution >= 4 is 0 Å². The van der Waals surface area contributed by atoms with Crippen molar-refractivity contribution in [1.82, 2.24) is 0 Å². The second kappa shape index (κ2) is 7.64. The molecule has 0 bridgehead atoms. The van der Waals surface area contributed by atoms with Crippen LogP contribution in [-0.4, -0.2) is 41.7 Å². The average molecular weight is 411 g/mol. The summed E-state index contributed by atoms with van der Waals surface area (Å²) in [6.45, 7) is -8.77.